The second kappa shape index (κ2) is 8.51. The zero-order valence-electron chi connectivity index (χ0n) is 17.1. The highest BCUT2D eigenvalue weighted by Crippen LogP contribution is 2.51. The van der Waals surface area contributed by atoms with Crippen LogP contribution in [0.3, 0.4) is 0 Å². The molecule has 4 rings (SSSR count). The van der Waals surface area contributed by atoms with E-state index in [0.29, 0.717) is 11.0 Å². The average molecular weight is 422 g/mol. The number of nitrogens with zero attached hydrogens (tertiary/aromatic N) is 5. The van der Waals surface area contributed by atoms with Gasteiger partial charge in [-0.2, -0.15) is 15.5 Å². The van der Waals surface area contributed by atoms with Crippen molar-refractivity contribution in [2.24, 2.45) is 0 Å². The van der Waals surface area contributed by atoms with Crippen LogP contribution < -0.4 is 9.47 Å². The van der Waals surface area contributed by atoms with E-state index >= 15 is 0 Å². The van der Waals surface area contributed by atoms with E-state index < -0.39 is 0 Å². The smallest absolute Gasteiger partial charge is 0.222 e. The average Bonchev–Trinajstić information content (AvgIpc) is 2.77. The monoisotopic (exact) mass is 421 g/mol. The number of hydrogen-bond acceptors (Lipinski definition) is 8. The van der Waals surface area contributed by atoms with Gasteiger partial charge in [0.15, 0.2) is 11.8 Å². The normalized spacial score (nSPS) is 16.8. The third-order valence-electron chi connectivity index (χ3n) is 5.97. The molecule has 0 radical (unpaired) electrons. The van der Waals surface area contributed by atoms with Gasteiger partial charge in [0, 0.05) is 16.5 Å². The van der Waals surface area contributed by atoms with Crippen molar-refractivity contribution in [3.8, 4) is 35.0 Å². The third kappa shape index (κ3) is 3.69. The second-order valence-corrected chi connectivity index (χ2v) is 8.65. The number of benzene rings is 1. The molecule has 7 nitrogen and oxygen atoms in total. The maximum atomic E-state index is 9.11. The molecule has 1 fully saturated rings. The summed E-state index contributed by atoms with van der Waals surface area (Å²) in [5.41, 5.74) is 3.95. The zero-order chi connectivity index (χ0) is 21.1. The van der Waals surface area contributed by atoms with Crippen LogP contribution in [0.2, 0.25) is 0 Å². The molecule has 0 N–H and O–H groups in total. The quantitative estimate of drug-likeness (QED) is 0.537. The van der Waals surface area contributed by atoms with E-state index in [1.54, 1.807) is 7.11 Å². The fourth-order valence-electron chi connectivity index (χ4n) is 4.46. The van der Waals surface area contributed by atoms with E-state index in [2.05, 4.69) is 35.1 Å². The number of rotatable bonds is 5. The Morgan fingerprint density at radius 3 is 2.70 bits per heavy atom. The van der Waals surface area contributed by atoms with Gasteiger partial charge in [0.25, 0.3) is 0 Å². The molecular formula is C22H23N5O2S. The lowest BCUT2D eigenvalue weighted by atomic mass is 9.64. The van der Waals surface area contributed by atoms with Crippen LogP contribution in [0.15, 0.2) is 23.4 Å². The molecule has 0 unspecified atom stereocenters. The van der Waals surface area contributed by atoms with Crippen LogP contribution in [0, 0.1) is 22.7 Å². The summed E-state index contributed by atoms with van der Waals surface area (Å²) in [6.45, 7) is 1.87. The largest absolute Gasteiger partial charge is 0.497 e. The lowest BCUT2D eigenvalue weighted by Gasteiger charge is -2.45. The highest BCUT2D eigenvalue weighted by molar-refractivity contribution is 7.99. The molecule has 0 amide bonds. The second-order valence-electron chi connectivity index (χ2n) is 7.71. The molecule has 2 heterocycles. The van der Waals surface area contributed by atoms with E-state index in [4.69, 9.17) is 25.0 Å². The van der Waals surface area contributed by atoms with Crippen LogP contribution >= 0.6 is 11.8 Å². The minimum Gasteiger partial charge on any atom is -0.497 e. The van der Waals surface area contributed by atoms with Gasteiger partial charge in [-0.15, -0.1) is 0 Å². The summed E-state index contributed by atoms with van der Waals surface area (Å²) in [6.07, 6.45) is 2.78. The summed E-state index contributed by atoms with van der Waals surface area (Å²) in [5, 5.41) is 18.6. The summed E-state index contributed by atoms with van der Waals surface area (Å²) in [4.78, 5) is 11.8. The predicted octanol–water partition coefficient (Wildman–Crippen LogP) is 3.19. The van der Waals surface area contributed by atoms with E-state index in [-0.39, 0.29) is 17.8 Å². The Labute approximate surface area is 180 Å². The number of methoxy groups -OCH3 is 1. The van der Waals surface area contributed by atoms with Gasteiger partial charge in [0.1, 0.15) is 11.8 Å². The molecule has 0 bridgehead atoms. The highest BCUT2D eigenvalue weighted by atomic mass is 32.2. The Morgan fingerprint density at radius 2 is 2.00 bits per heavy atom. The standard InChI is InChI=1S/C22H23N5O2S/c1-27-9-5-22(6-10-27)14-15-13-16(28-2)3-4-17(15)19-18(22)20(29-11-7-23)26-21(25-19)30-12-8-24/h3-4,13H,5-6,9-12,14H2,1-2H3. The van der Waals surface area contributed by atoms with Crippen LogP contribution in [0.4, 0.5) is 0 Å². The van der Waals surface area contributed by atoms with Gasteiger partial charge < -0.3 is 14.4 Å². The van der Waals surface area contributed by atoms with Crippen LogP contribution in [0.25, 0.3) is 11.3 Å². The fraction of sp³-hybridized carbons (Fsp3) is 0.455. The first-order valence-corrected chi connectivity index (χ1v) is 10.9. The Hall–Kier alpha value is -2.81. The number of hydrogen-bond donors (Lipinski definition) is 0. The molecule has 2 aromatic rings. The lowest BCUT2D eigenvalue weighted by molar-refractivity contribution is 0.179. The molecule has 1 spiro atoms. The van der Waals surface area contributed by atoms with Crippen LogP contribution in [-0.2, 0) is 11.8 Å². The van der Waals surface area contributed by atoms with Gasteiger partial charge in [-0.3, -0.25) is 0 Å². The van der Waals surface area contributed by atoms with Crippen LogP contribution in [0.1, 0.15) is 24.0 Å². The highest BCUT2D eigenvalue weighted by Gasteiger charge is 2.44. The Bertz CT molecular complexity index is 1040. The molecular weight excluding hydrogens is 398 g/mol. The number of nitriles is 2. The van der Waals surface area contributed by atoms with Crippen molar-refractivity contribution in [2.75, 3.05) is 39.6 Å². The third-order valence-corrected chi connectivity index (χ3v) is 6.68. The molecule has 30 heavy (non-hydrogen) atoms. The molecule has 1 aliphatic heterocycles. The van der Waals surface area contributed by atoms with Gasteiger partial charge >= 0.3 is 0 Å². The SMILES string of the molecule is COc1ccc2c(c1)CC1(CCN(C)CC1)c1c(OCC#N)nc(SCC#N)nc1-2. The summed E-state index contributed by atoms with van der Waals surface area (Å²) in [7, 11) is 3.81. The van der Waals surface area contributed by atoms with Gasteiger partial charge in [0.2, 0.25) is 5.88 Å². The number of piperidine rings is 1. The molecule has 0 saturated carbocycles. The zero-order valence-corrected chi connectivity index (χ0v) is 18.0. The first-order valence-electron chi connectivity index (χ1n) is 9.88. The van der Waals surface area contributed by atoms with Crippen LogP contribution in [-0.4, -0.2) is 54.5 Å². The van der Waals surface area contributed by atoms with Gasteiger partial charge in [-0.05, 0) is 63.2 Å². The molecule has 154 valence electrons. The molecule has 1 aliphatic carbocycles. The first-order chi connectivity index (χ1) is 14.6. The van der Waals surface area contributed by atoms with Gasteiger partial charge in [0.05, 0.1) is 24.6 Å². The molecule has 1 aromatic heterocycles. The maximum Gasteiger partial charge on any atom is 0.222 e. The van der Waals surface area contributed by atoms with Crippen molar-refractivity contribution in [3.63, 3.8) is 0 Å². The lowest BCUT2D eigenvalue weighted by Crippen LogP contribution is -2.44. The summed E-state index contributed by atoms with van der Waals surface area (Å²) < 4.78 is 11.3. The van der Waals surface area contributed by atoms with Crippen LogP contribution in [0.5, 0.6) is 11.6 Å². The van der Waals surface area contributed by atoms with Gasteiger partial charge in [-0.1, -0.05) is 11.8 Å². The van der Waals surface area contributed by atoms with Crippen molar-refractivity contribution >= 4 is 11.8 Å². The predicted molar refractivity (Wildman–Crippen MR) is 114 cm³/mol. The minimum atomic E-state index is -0.148. The maximum absolute atomic E-state index is 9.11. The van der Waals surface area contributed by atoms with Crippen molar-refractivity contribution in [2.45, 2.75) is 29.8 Å². The van der Waals surface area contributed by atoms with Crippen molar-refractivity contribution in [3.05, 3.63) is 29.3 Å². The molecule has 2 aliphatic rings. The number of likely N-dealkylation sites (tertiary alicyclic amines) is 1. The molecule has 8 heteroatoms. The number of aromatic nitrogens is 2. The van der Waals surface area contributed by atoms with Crippen molar-refractivity contribution in [1.29, 1.82) is 10.5 Å². The van der Waals surface area contributed by atoms with E-state index in [9.17, 15) is 0 Å². The Balaban J connectivity index is 1.93. The summed E-state index contributed by atoms with van der Waals surface area (Å²) >= 11 is 1.28. The number of thioether (sulfide) groups is 1. The number of ether oxygens (including phenoxy) is 2. The molecule has 1 aromatic carbocycles. The number of fused-ring (bicyclic) bond motifs is 4. The Kier molecular flexibility index (Phi) is 5.80. The van der Waals surface area contributed by atoms with Crippen molar-refractivity contribution < 1.29 is 9.47 Å². The topological polar surface area (TPSA) is 95.1 Å². The Morgan fingerprint density at radius 1 is 1.20 bits per heavy atom. The van der Waals surface area contributed by atoms with E-state index in [1.807, 2.05) is 12.1 Å². The van der Waals surface area contributed by atoms with Gasteiger partial charge in [-0.25, -0.2) is 4.98 Å². The minimum absolute atomic E-state index is 0.0722. The molecule has 0 atom stereocenters. The first kappa shape index (κ1) is 20.5. The van der Waals surface area contributed by atoms with E-state index in [0.717, 1.165) is 54.9 Å². The summed E-state index contributed by atoms with van der Waals surface area (Å²) in [5.74, 6) is 1.56. The summed E-state index contributed by atoms with van der Waals surface area (Å²) in [6, 6.07) is 10.2. The fourth-order valence-corrected chi connectivity index (χ4v) is 4.96. The molecule has 1 saturated heterocycles. The van der Waals surface area contributed by atoms with Crippen molar-refractivity contribution in [1.82, 2.24) is 14.9 Å². The van der Waals surface area contributed by atoms with E-state index in [1.165, 1.54) is 17.3 Å².